The van der Waals surface area contributed by atoms with Gasteiger partial charge in [-0.2, -0.15) is 0 Å². The van der Waals surface area contributed by atoms with Crippen molar-refractivity contribution in [2.75, 3.05) is 20.8 Å². The molecule has 204 valence electrons. The topological polar surface area (TPSA) is 113 Å². The molecule has 5 rings (SSSR count). The number of methoxy groups -OCH3 is 2. The third-order valence-electron chi connectivity index (χ3n) is 6.76. The van der Waals surface area contributed by atoms with Crippen molar-refractivity contribution >= 4 is 5.69 Å². The number of nitrogens with zero attached hydrogens (tertiary/aromatic N) is 3. The van der Waals surface area contributed by atoms with Gasteiger partial charge in [-0.1, -0.05) is 71.8 Å². The summed E-state index contributed by atoms with van der Waals surface area (Å²) in [6.07, 6.45) is -3.46. The summed E-state index contributed by atoms with van der Waals surface area (Å²) in [5.74, 6) is 0.764. The molecule has 2 saturated heterocycles. The van der Waals surface area contributed by atoms with Crippen LogP contribution in [0.5, 0.6) is 5.75 Å². The Hall–Kier alpha value is -3.47. The first-order valence-corrected chi connectivity index (χ1v) is 12.7. The molecule has 0 spiro atoms. The zero-order valence-corrected chi connectivity index (χ0v) is 21.8. The molecule has 3 aromatic rings. The van der Waals surface area contributed by atoms with E-state index >= 15 is 0 Å². The maximum Gasteiger partial charge on any atom is 0.186 e. The Morgan fingerprint density at radius 1 is 0.872 bits per heavy atom. The minimum absolute atomic E-state index is 0.169. The molecule has 2 aliphatic heterocycles. The number of fused-ring (bicyclic) bond motifs is 1. The van der Waals surface area contributed by atoms with Crippen LogP contribution >= 0.6 is 0 Å². The molecule has 10 heteroatoms. The Balaban J connectivity index is 1.41. The van der Waals surface area contributed by atoms with E-state index in [1.165, 1.54) is 0 Å². The molecule has 3 aromatic carbocycles. The molecule has 2 aliphatic rings. The molecule has 0 amide bonds. The Labute approximate surface area is 226 Å². The maximum absolute atomic E-state index is 9.00. The molecule has 39 heavy (non-hydrogen) atoms. The minimum Gasteiger partial charge on any atom is -0.497 e. The Kier molecular flexibility index (Phi) is 9.08. The number of benzene rings is 3. The second-order valence-corrected chi connectivity index (χ2v) is 9.17. The van der Waals surface area contributed by atoms with Gasteiger partial charge in [0.2, 0.25) is 0 Å². The SMILES string of the molecule is COc1ccc(CO[C@H]2[C@@H](OC)O[C@@H]3CO[C@@H](c4ccccc4)O[C@H]3[C@@H]2OCc2ccccc2N=[N+]=[N-])cc1. The van der Waals surface area contributed by atoms with Crippen LogP contribution in [0.1, 0.15) is 23.0 Å². The third kappa shape index (κ3) is 6.41. The highest BCUT2D eigenvalue weighted by molar-refractivity contribution is 5.45. The lowest BCUT2D eigenvalue weighted by atomic mass is 9.97. The van der Waals surface area contributed by atoms with Crippen LogP contribution in [0.15, 0.2) is 84.0 Å². The molecular formula is C29H31N3O7. The molecule has 0 unspecified atom stereocenters. The average molecular weight is 534 g/mol. The van der Waals surface area contributed by atoms with Crippen molar-refractivity contribution in [3.63, 3.8) is 0 Å². The van der Waals surface area contributed by atoms with Gasteiger partial charge in [-0.25, -0.2) is 0 Å². The van der Waals surface area contributed by atoms with Gasteiger partial charge in [0.05, 0.1) is 26.9 Å². The molecule has 0 aromatic heterocycles. The van der Waals surface area contributed by atoms with Gasteiger partial charge in [0.1, 0.15) is 30.2 Å². The van der Waals surface area contributed by atoms with Crippen LogP contribution in [0.2, 0.25) is 0 Å². The van der Waals surface area contributed by atoms with E-state index in [2.05, 4.69) is 10.0 Å². The summed E-state index contributed by atoms with van der Waals surface area (Å²) >= 11 is 0. The first-order chi connectivity index (χ1) is 19.2. The summed E-state index contributed by atoms with van der Waals surface area (Å²) in [5.41, 5.74) is 12.1. The first-order valence-electron chi connectivity index (χ1n) is 12.7. The number of azide groups is 1. The highest BCUT2D eigenvalue weighted by atomic mass is 16.8. The van der Waals surface area contributed by atoms with Crippen LogP contribution in [0.3, 0.4) is 0 Å². The van der Waals surface area contributed by atoms with E-state index in [4.69, 9.17) is 38.7 Å². The van der Waals surface area contributed by atoms with E-state index in [-0.39, 0.29) is 6.61 Å². The molecule has 6 atom stereocenters. The van der Waals surface area contributed by atoms with Crippen molar-refractivity contribution in [2.45, 2.75) is 50.2 Å². The highest BCUT2D eigenvalue weighted by Crippen LogP contribution is 2.37. The molecule has 0 aliphatic carbocycles. The first kappa shape index (κ1) is 27.1. The molecule has 0 saturated carbocycles. The van der Waals surface area contributed by atoms with Gasteiger partial charge in [0.15, 0.2) is 12.6 Å². The van der Waals surface area contributed by atoms with Crippen molar-refractivity contribution in [1.29, 1.82) is 0 Å². The van der Waals surface area contributed by atoms with Gasteiger partial charge in [-0.15, -0.1) is 0 Å². The molecule has 2 heterocycles. The fraction of sp³-hybridized carbons (Fsp3) is 0.379. The van der Waals surface area contributed by atoms with Gasteiger partial charge >= 0.3 is 0 Å². The summed E-state index contributed by atoms with van der Waals surface area (Å²) in [5, 5.41) is 3.80. The predicted octanol–water partition coefficient (Wildman–Crippen LogP) is 5.59. The number of hydrogen-bond acceptors (Lipinski definition) is 8. The minimum atomic E-state index is -0.720. The maximum atomic E-state index is 9.00. The van der Waals surface area contributed by atoms with Crippen molar-refractivity contribution in [3.05, 3.63) is 106 Å². The van der Waals surface area contributed by atoms with Gasteiger partial charge in [0.25, 0.3) is 0 Å². The Bertz CT molecular complexity index is 1250. The highest BCUT2D eigenvalue weighted by Gasteiger charge is 2.51. The number of hydrogen-bond donors (Lipinski definition) is 0. The second kappa shape index (κ2) is 13.1. The Morgan fingerprint density at radius 2 is 1.62 bits per heavy atom. The smallest absolute Gasteiger partial charge is 0.186 e. The van der Waals surface area contributed by atoms with E-state index < -0.39 is 37.0 Å². The summed E-state index contributed by atoms with van der Waals surface area (Å²) in [7, 11) is 3.20. The van der Waals surface area contributed by atoms with Crippen LogP contribution in [0, 0.1) is 0 Å². The average Bonchev–Trinajstić information content (AvgIpc) is 3.00. The lowest BCUT2D eigenvalue weighted by Gasteiger charge is -2.48. The van der Waals surface area contributed by atoms with E-state index in [1.807, 2.05) is 72.8 Å². The second-order valence-electron chi connectivity index (χ2n) is 9.17. The van der Waals surface area contributed by atoms with Crippen LogP contribution in [-0.4, -0.2) is 51.5 Å². The van der Waals surface area contributed by atoms with Crippen LogP contribution in [-0.2, 0) is 41.6 Å². The van der Waals surface area contributed by atoms with Crippen molar-refractivity contribution in [3.8, 4) is 5.75 Å². The zero-order chi connectivity index (χ0) is 27.0. The van der Waals surface area contributed by atoms with Crippen LogP contribution < -0.4 is 4.74 Å². The molecule has 0 radical (unpaired) electrons. The molecular weight excluding hydrogens is 502 g/mol. The largest absolute Gasteiger partial charge is 0.497 e. The number of ether oxygens (including phenoxy) is 7. The molecule has 2 fully saturated rings. The molecule has 10 nitrogen and oxygen atoms in total. The van der Waals surface area contributed by atoms with Crippen molar-refractivity contribution in [1.82, 2.24) is 0 Å². The van der Waals surface area contributed by atoms with Gasteiger partial charge in [0, 0.05) is 23.3 Å². The Morgan fingerprint density at radius 3 is 2.36 bits per heavy atom. The third-order valence-corrected chi connectivity index (χ3v) is 6.76. The van der Waals surface area contributed by atoms with E-state index in [9.17, 15) is 0 Å². The normalized spacial score (nSPS) is 26.3. The summed E-state index contributed by atoms with van der Waals surface area (Å²) < 4.78 is 42.6. The van der Waals surface area contributed by atoms with Gasteiger partial charge in [-0.3, -0.25) is 0 Å². The lowest BCUT2D eigenvalue weighted by Crippen LogP contribution is -2.63. The summed E-state index contributed by atoms with van der Waals surface area (Å²) in [6.45, 7) is 0.760. The van der Waals surface area contributed by atoms with E-state index in [0.29, 0.717) is 18.9 Å². The van der Waals surface area contributed by atoms with Crippen molar-refractivity contribution < 1.29 is 33.2 Å². The molecule has 0 bridgehead atoms. The van der Waals surface area contributed by atoms with Crippen LogP contribution in [0.25, 0.3) is 10.4 Å². The fourth-order valence-corrected chi connectivity index (χ4v) is 4.76. The van der Waals surface area contributed by atoms with Gasteiger partial charge < -0.3 is 33.2 Å². The summed E-state index contributed by atoms with van der Waals surface area (Å²) in [6, 6.07) is 24.7. The fourth-order valence-electron chi connectivity index (χ4n) is 4.76. The van der Waals surface area contributed by atoms with Gasteiger partial charge in [-0.05, 0) is 28.8 Å². The van der Waals surface area contributed by atoms with Crippen LogP contribution in [0.4, 0.5) is 5.69 Å². The lowest BCUT2D eigenvalue weighted by molar-refractivity contribution is -0.369. The van der Waals surface area contributed by atoms with E-state index in [0.717, 1.165) is 22.4 Å². The number of rotatable bonds is 10. The standard InChI is InChI=1S/C29H31N3O7/c1-33-22-14-12-19(13-15-22)16-35-27-26(36-17-21-10-6-7-11-23(21)31-32-30)25-24(38-29(27)34-2)18-37-28(39-25)20-8-4-3-5-9-20/h3-15,24-29H,16-18H2,1-2H3/t24-,25-,26+,27-,28-,29+/m1/s1. The van der Waals surface area contributed by atoms with Crippen molar-refractivity contribution in [2.24, 2.45) is 5.11 Å². The monoisotopic (exact) mass is 533 g/mol. The quantitative estimate of drug-likeness (QED) is 0.190. The summed E-state index contributed by atoms with van der Waals surface area (Å²) in [4.78, 5) is 2.94. The zero-order valence-electron chi connectivity index (χ0n) is 21.8. The molecule has 0 N–H and O–H groups in total. The predicted molar refractivity (Wildman–Crippen MR) is 141 cm³/mol. The van der Waals surface area contributed by atoms with E-state index in [1.54, 1.807) is 20.3 Å².